The van der Waals surface area contributed by atoms with Crippen molar-refractivity contribution in [3.63, 3.8) is 0 Å². The number of nitrogens with one attached hydrogen (secondary N) is 1. The molecule has 0 saturated carbocycles. The SMILES string of the molecule is CCNC1(CO)CCSC1. The molecule has 2 nitrogen and oxygen atoms in total. The molecule has 1 unspecified atom stereocenters. The van der Waals surface area contributed by atoms with E-state index in [1.54, 1.807) is 0 Å². The minimum absolute atomic E-state index is 0.0550. The van der Waals surface area contributed by atoms with Crippen molar-refractivity contribution in [1.29, 1.82) is 0 Å². The average Bonchev–Trinajstić information content (AvgIpc) is 2.39. The van der Waals surface area contributed by atoms with Gasteiger partial charge in [-0.3, -0.25) is 0 Å². The van der Waals surface area contributed by atoms with Gasteiger partial charge in [0.15, 0.2) is 0 Å². The van der Waals surface area contributed by atoms with Gasteiger partial charge in [0.2, 0.25) is 0 Å². The van der Waals surface area contributed by atoms with Crippen LogP contribution in [0.1, 0.15) is 13.3 Å². The van der Waals surface area contributed by atoms with Gasteiger partial charge >= 0.3 is 0 Å². The Hall–Kier alpha value is 0.270. The number of thioether (sulfide) groups is 1. The first kappa shape index (κ1) is 8.37. The van der Waals surface area contributed by atoms with Crippen LogP contribution in [-0.2, 0) is 0 Å². The van der Waals surface area contributed by atoms with Crippen LogP contribution in [-0.4, -0.2) is 35.3 Å². The van der Waals surface area contributed by atoms with Crippen molar-refractivity contribution < 1.29 is 5.11 Å². The van der Waals surface area contributed by atoms with E-state index in [2.05, 4.69) is 12.2 Å². The fourth-order valence-electron chi connectivity index (χ4n) is 1.30. The second-order valence-corrected chi connectivity index (χ2v) is 3.88. The minimum atomic E-state index is 0.0550. The van der Waals surface area contributed by atoms with E-state index in [0.29, 0.717) is 0 Å². The Balaban J connectivity index is 2.41. The Morgan fingerprint density at radius 1 is 1.70 bits per heavy atom. The van der Waals surface area contributed by atoms with Crippen molar-refractivity contribution in [1.82, 2.24) is 5.32 Å². The first-order valence-electron chi connectivity index (χ1n) is 3.76. The zero-order valence-corrected chi connectivity index (χ0v) is 7.21. The second-order valence-electron chi connectivity index (χ2n) is 2.77. The molecule has 10 heavy (non-hydrogen) atoms. The molecule has 0 aliphatic carbocycles. The molecule has 1 heterocycles. The summed E-state index contributed by atoms with van der Waals surface area (Å²) in [6, 6.07) is 0. The second kappa shape index (κ2) is 3.60. The van der Waals surface area contributed by atoms with Gasteiger partial charge in [-0.2, -0.15) is 11.8 Å². The van der Waals surface area contributed by atoms with Gasteiger partial charge in [-0.05, 0) is 18.7 Å². The fourth-order valence-corrected chi connectivity index (χ4v) is 2.71. The molecule has 1 aliphatic heterocycles. The van der Waals surface area contributed by atoms with Crippen molar-refractivity contribution in [3.05, 3.63) is 0 Å². The predicted molar refractivity (Wildman–Crippen MR) is 45.4 cm³/mol. The number of aliphatic hydroxyl groups is 1. The maximum Gasteiger partial charge on any atom is 0.0621 e. The summed E-state index contributed by atoms with van der Waals surface area (Å²) in [7, 11) is 0. The van der Waals surface area contributed by atoms with Crippen LogP contribution in [0.15, 0.2) is 0 Å². The van der Waals surface area contributed by atoms with Crippen molar-refractivity contribution >= 4 is 11.8 Å². The van der Waals surface area contributed by atoms with Crippen molar-refractivity contribution in [3.8, 4) is 0 Å². The van der Waals surface area contributed by atoms with Crippen LogP contribution in [0.5, 0.6) is 0 Å². The molecule has 0 bridgehead atoms. The average molecular weight is 161 g/mol. The third-order valence-electron chi connectivity index (χ3n) is 1.96. The molecular weight excluding hydrogens is 146 g/mol. The fraction of sp³-hybridized carbons (Fsp3) is 1.00. The highest BCUT2D eigenvalue weighted by atomic mass is 32.2. The van der Waals surface area contributed by atoms with Gasteiger partial charge in [0.05, 0.1) is 12.1 Å². The molecule has 60 valence electrons. The number of rotatable bonds is 3. The lowest BCUT2D eigenvalue weighted by Crippen LogP contribution is -2.48. The van der Waals surface area contributed by atoms with Crippen LogP contribution in [0.25, 0.3) is 0 Å². The van der Waals surface area contributed by atoms with E-state index < -0.39 is 0 Å². The minimum Gasteiger partial charge on any atom is -0.394 e. The van der Waals surface area contributed by atoms with Crippen molar-refractivity contribution in [2.75, 3.05) is 24.7 Å². The highest BCUT2D eigenvalue weighted by molar-refractivity contribution is 7.99. The van der Waals surface area contributed by atoms with Crippen LogP contribution >= 0.6 is 11.8 Å². The molecule has 2 N–H and O–H groups in total. The molecule has 1 saturated heterocycles. The number of hydrogen-bond acceptors (Lipinski definition) is 3. The van der Waals surface area contributed by atoms with Crippen LogP contribution < -0.4 is 5.32 Å². The largest absolute Gasteiger partial charge is 0.394 e. The Labute approximate surface area is 66.4 Å². The van der Waals surface area contributed by atoms with E-state index in [-0.39, 0.29) is 12.1 Å². The Kier molecular flexibility index (Phi) is 3.01. The number of likely N-dealkylation sites (N-methyl/N-ethyl adjacent to an activating group) is 1. The summed E-state index contributed by atoms with van der Waals surface area (Å²) in [5, 5.41) is 12.4. The van der Waals surface area contributed by atoms with Gasteiger partial charge in [-0.1, -0.05) is 6.92 Å². The highest BCUT2D eigenvalue weighted by Gasteiger charge is 2.32. The van der Waals surface area contributed by atoms with Gasteiger partial charge in [0.25, 0.3) is 0 Å². The van der Waals surface area contributed by atoms with E-state index in [0.717, 1.165) is 18.7 Å². The predicted octanol–water partition coefficient (Wildman–Crippen LogP) is 0.464. The molecule has 0 aromatic carbocycles. The Morgan fingerprint density at radius 3 is 2.90 bits per heavy atom. The van der Waals surface area contributed by atoms with E-state index in [1.165, 1.54) is 5.75 Å². The van der Waals surface area contributed by atoms with Crippen LogP contribution in [0.3, 0.4) is 0 Å². The maximum atomic E-state index is 9.07. The molecule has 0 amide bonds. The maximum absolute atomic E-state index is 9.07. The summed E-state index contributed by atoms with van der Waals surface area (Å²) in [5.74, 6) is 2.25. The quantitative estimate of drug-likeness (QED) is 0.631. The summed E-state index contributed by atoms with van der Waals surface area (Å²) in [6.07, 6.45) is 1.11. The lowest BCUT2D eigenvalue weighted by atomic mass is 10.0. The number of hydrogen-bond donors (Lipinski definition) is 2. The third-order valence-corrected chi connectivity index (χ3v) is 3.21. The van der Waals surface area contributed by atoms with Crippen LogP contribution in [0, 0.1) is 0 Å². The van der Waals surface area contributed by atoms with Crippen molar-refractivity contribution in [2.45, 2.75) is 18.9 Å². The van der Waals surface area contributed by atoms with Crippen LogP contribution in [0.4, 0.5) is 0 Å². The molecule has 3 heteroatoms. The zero-order chi connectivity index (χ0) is 7.45. The zero-order valence-electron chi connectivity index (χ0n) is 6.39. The summed E-state index contributed by atoms with van der Waals surface area (Å²) in [5.41, 5.74) is 0.0550. The van der Waals surface area contributed by atoms with Gasteiger partial charge in [-0.15, -0.1) is 0 Å². The van der Waals surface area contributed by atoms with Gasteiger partial charge < -0.3 is 10.4 Å². The molecule has 0 radical (unpaired) electrons. The lowest BCUT2D eigenvalue weighted by Gasteiger charge is -2.26. The van der Waals surface area contributed by atoms with Crippen LogP contribution in [0.2, 0.25) is 0 Å². The standard InChI is InChI=1S/C7H15NOS/c1-2-8-7(5-9)3-4-10-6-7/h8-9H,2-6H2,1H3. The first-order valence-corrected chi connectivity index (χ1v) is 4.92. The summed E-state index contributed by atoms with van der Waals surface area (Å²) >= 11 is 1.92. The lowest BCUT2D eigenvalue weighted by molar-refractivity contribution is 0.181. The molecule has 0 aromatic heterocycles. The monoisotopic (exact) mass is 161 g/mol. The van der Waals surface area contributed by atoms with E-state index >= 15 is 0 Å². The van der Waals surface area contributed by atoms with Gasteiger partial charge in [-0.25, -0.2) is 0 Å². The topological polar surface area (TPSA) is 32.3 Å². The molecule has 1 fully saturated rings. The molecule has 0 spiro atoms. The third kappa shape index (κ3) is 1.65. The van der Waals surface area contributed by atoms with Crippen molar-refractivity contribution in [2.24, 2.45) is 0 Å². The Bertz CT molecular complexity index is 102. The molecule has 1 aliphatic rings. The smallest absolute Gasteiger partial charge is 0.0621 e. The molecule has 1 rings (SSSR count). The summed E-state index contributed by atoms with van der Waals surface area (Å²) in [6.45, 7) is 3.33. The van der Waals surface area contributed by atoms with E-state index in [9.17, 15) is 0 Å². The molecular formula is C7H15NOS. The molecule has 0 aromatic rings. The highest BCUT2D eigenvalue weighted by Crippen LogP contribution is 2.26. The van der Waals surface area contributed by atoms with Gasteiger partial charge in [0.1, 0.15) is 0 Å². The summed E-state index contributed by atoms with van der Waals surface area (Å²) in [4.78, 5) is 0. The normalized spacial score (nSPS) is 33.0. The molecule has 1 atom stereocenters. The van der Waals surface area contributed by atoms with E-state index in [4.69, 9.17) is 5.11 Å². The first-order chi connectivity index (χ1) is 4.83. The van der Waals surface area contributed by atoms with Gasteiger partial charge in [0, 0.05) is 5.75 Å². The summed E-state index contributed by atoms with van der Waals surface area (Å²) < 4.78 is 0. The number of aliphatic hydroxyl groups excluding tert-OH is 1. The Morgan fingerprint density at radius 2 is 2.50 bits per heavy atom. The van der Waals surface area contributed by atoms with E-state index in [1.807, 2.05) is 11.8 Å².